The molecule has 4 rings (SSSR count). The van der Waals surface area contributed by atoms with Gasteiger partial charge in [0.1, 0.15) is 5.75 Å². The molecule has 1 saturated heterocycles. The van der Waals surface area contributed by atoms with Crippen molar-refractivity contribution in [2.75, 3.05) is 31.1 Å². The van der Waals surface area contributed by atoms with Gasteiger partial charge in [0.05, 0.1) is 18.8 Å². The first-order valence-corrected chi connectivity index (χ1v) is 15.3. The first-order valence-electron chi connectivity index (χ1n) is 15.3. The van der Waals surface area contributed by atoms with Gasteiger partial charge in [-0.05, 0) is 48.4 Å². The molecule has 3 N–H and O–H groups in total. The Labute approximate surface area is 250 Å². The lowest BCUT2D eigenvalue weighted by atomic mass is 9.99. The second-order valence-corrected chi connectivity index (χ2v) is 11.2. The lowest BCUT2D eigenvalue weighted by Crippen LogP contribution is -2.49. The number of carbonyl (C=O) groups is 2. The second kappa shape index (κ2) is 16.1. The molecule has 0 saturated carbocycles. The van der Waals surface area contributed by atoms with Crippen molar-refractivity contribution in [1.29, 1.82) is 0 Å². The maximum Gasteiger partial charge on any atom is 0.251 e. The van der Waals surface area contributed by atoms with Crippen LogP contribution < -0.4 is 20.3 Å². The lowest BCUT2D eigenvalue weighted by Gasteiger charge is -2.26. The summed E-state index contributed by atoms with van der Waals surface area (Å²) in [5, 5.41) is 17.8. The molecule has 0 aromatic heterocycles. The van der Waals surface area contributed by atoms with Crippen LogP contribution in [0.5, 0.6) is 5.75 Å². The van der Waals surface area contributed by atoms with Gasteiger partial charge < -0.3 is 25.4 Å². The number of hydrogen-bond donors (Lipinski definition) is 3. The van der Waals surface area contributed by atoms with E-state index in [0.29, 0.717) is 56.1 Å². The highest BCUT2D eigenvalue weighted by atomic mass is 16.5. The van der Waals surface area contributed by atoms with E-state index in [1.54, 1.807) is 17.0 Å². The van der Waals surface area contributed by atoms with Crippen LogP contribution in [0, 0.1) is 0 Å². The summed E-state index contributed by atoms with van der Waals surface area (Å²) in [6.07, 6.45) is 4.04. The molecule has 1 fully saturated rings. The molecule has 1 unspecified atom stereocenters. The first-order chi connectivity index (χ1) is 20.4. The van der Waals surface area contributed by atoms with E-state index in [4.69, 9.17) is 4.74 Å². The minimum Gasteiger partial charge on any atom is -0.493 e. The number of hydrogen-bond acceptors (Lipinski definition) is 5. The zero-order valence-electron chi connectivity index (χ0n) is 24.9. The number of nitrogens with one attached hydrogen (secondary N) is 2. The molecule has 0 bridgehead atoms. The zero-order valence-corrected chi connectivity index (χ0v) is 24.9. The van der Waals surface area contributed by atoms with Crippen LogP contribution in [0.15, 0.2) is 78.9 Å². The quantitative estimate of drug-likeness (QED) is 0.198. The van der Waals surface area contributed by atoms with Crippen molar-refractivity contribution < 1.29 is 19.4 Å². The highest BCUT2D eigenvalue weighted by molar-refractivity contribution is 5.99. The van der Waals surface area contributed by atoms with Crippen molar-refractivity contribution in [1.82, 2.24) is 10.6 Å². The average molecular weight is 572 g/mol. The minimum atomic E-state index is -0.815. The third-order valence-corrected chi connectivity index (χ3v) is 7.81. The summed E-state index contributed by atoms with van der Waals surface area (Å²) in [4.78, 5) is 27.9. The van der Waals surface area contributed by atoms with E-state index < -0.39 is 12.1 Å². The van der Waals surface area contributed by atoms with Gasteiger partial charge >= 0.3 is 0 Å². The van der Waals surface area contributed by atoms with E-state index in [1.165, 1.54) is 5.56 Å². The molecule has 224 valence electrons. The van der Waals surface area contributed by atoms with Gasteiger partial charge in [0.15, 0.2) is 0 Å². The van der Waals surface area contributed by atoms with Gasteiger partial charge in [0.25, 0.3) is 5.91 Å². The molecular formula is C35H45N3O4. The van der Waals surface area contributed by atoms with Crippen molar-refractivity contribution in [2.24, 2.45) is 0 Å². The van der Waals surface area contributed by atoms with Crippen LogP contribution in [0.3, 0.4) is 0 Å². The van der Waals surface area contributed by atoms with Gasteiger partial charge in [-0.2, -0.15) is 0 Å². The number of anilines is 1. The third kappa shape index (κ3) is 9.16. The average Bonchev–Trinajstić information content (AvgIpc) is 3.45. The summed E-state index contributed by atoms with van der Waals surface area (Å²) in [7, 11) is 0. The number of unbranched alkanes of at least 4 members (excludes halogenated alkanes) is 2. The fourth-order valence-corrected chi connectivity index (χ4v) is 5.31. The Hall–Kier alpha value is -3.68. The van der Waals surface area contributed by atoms with Gasteiger partial charge in [-0.1, -0.05) is 87.4 Å². The number of rotatable bonds is 16. The van der Waals surface area contributed by atoms with Crippen molar-refractivity contribution in [3.05, 3.63) is 95.6 Å². The Morgan fingerprint density at radius 2 is 1.74 bits per heavy atom. The molecule has 2 amide bonds. The molecule has 0 spiro atoms. The minimum absolute atomic E-state index is 0.0534. The van der Waals surface area contributed by atoms with E-state index >= 15 is 0 Å². The Morgan fingerprint density at radius 1 is 1.00 bits per heavy atom. The van der Waals surface area contributed by atoms with Crippen LogP contribution in [-0.4, -0.2) is 55.3 Å². The molecule has 0 radical (unpaired) electrons. The summed E-state index contributed by atoms with van der Waals surface area (Å²) < 4.78 is 6.02. The summed E-state index contributed by atoms with van der Waals surface area (Å²) in [5.41, 5.74) is 3.34. The lowest BCUT2D eigenvalue weighted by molar-refractivity contribution is -0.117. The first kappa shape index (κ1) is 31.3. The number of carbonyl (C=O) groups excluding carboxylic acids is 2. The molecule has 1 aliphatic rings. The standard InChI is InChI=1S/C35H45N3O4/c1-3-4-11-19-42-31-22-29(21-30(23-31)38-18-12-17-34(38)40)35(41)37-32(20-27-13-7-5-8-14-27)33(39)25-36-24-26(2)28-15-9-6-10-16-28/h5-10,13-16,21-23,26,32-33,36,39H,3-4,11-12,17-20,24-25H2,1-2H3,(H,37,41)/t26?,32-,33-/m0/s1. The third-order valence-electron chi connectivity index (χ3n) is 7.81. The maximum absolute atomic E-state index is 13.7. The Bertz CT molecular complexity index is 1270. The van der Waals surface area contributed by atoms with Gasteiger partial charge in [-0.3, -0.25) is 9.59 Å². The van der Waals surface area contributed by atoms with Crippen molar-refractivity contribution in [3.8, 4) is 5.75 Å². The molecule has 0 aliphatic carbocycles. The Balaban J connectivity index is 1.48. The topological polar surface area (TPSA) is 90.9 Å². The smallest absolute Gasteiger partial charge is 0.251 e. The molecule has 3 aromatic rings. The van der Waals surface area contributed by atoms with E-state index in [1.807, 2.05) is 54.6 Å². The number of amides is 2. The maximum atomic E-state index is 13.7. The van der Waals surface area contributed by atoms with E-state index in [-0.39, 0.29) is 17.7 Å². The van der Waals surface area contributed by atoms with Crippen molar-refractivity contribution in [3.63, 3.8) is 0 Å². The summed E-state index contributed by atoms with van der Waals surface area (Å²) in [6.45, 7) is 6.51. The Kier molecular flexibility index (Phi) is 12.0. The fraction of sp³-hybridized carbons (Fsp3) is 0.429. The van der Waals surface area contributed by atoms with E-state index in [0.717, 1.165) is 31.2 Å². The SMILES string of the molecule is CCCCCOc1cc(C(=O)N[C@@H](Cc2ccccc2)[C@@H](O)CNCC(C)c2ccccc2)cc(N2CCCC2=O)c1. The fourth-order valence-electron chi connectivity index (χ4n) is 5.31. The number of aliphatic hydroxyl groups excluding tert-OH is 1. The Morgan fingerprint density at radius 3 is 2.43 bits per heavy atom. The monoisotopic (exact) mass is 571 g/mol. The van der Waals surface area contributed by atoms with Gasteiger partial charge in [-0.15, -0.1) is 0 Å². The number of nitrogens with zero attached hydrogens (tertiary/aromatic N) is 1. The largest absolute Gasteiger partial charge is 0.493 e. The summed E-state index contributed by atoms with van der Waals surface area (Å²) >= 11 is 0. The van der Waals surface area contributed by atoms with Crippen LogP contribution in [0.4, 0.5) is 5.69 Å². The van der Waals surface area contributed by atoms with Gasteiger partial charge in [0, 0.05) is 43.4 Å². The van der Waals surface area contributed by atoms with E-state index in [9.17, 15) is 14.7 Å². The van der Waals surface area contributed by atoms with Crippen LogP contribution in [0.25, 0.3) is 0 Å². The normalized spacial score (nSPS) is 15.3. The van der Waals surface area contributed by atoms with Gasteiger partial charge in [-0.25, -0.2) is 0 Å². The van der Waals surface area contributed by atoms with Crippen LogP contribution in [-0.2, 0) is 11.2 Å². The molecule has 3 aromatic carbocycles. The molecule has 1 heterocycles. The van der Waals surface area contributed by atoms with Crippen LogP contribution >= 0.6 is 0 Å². The number of ether oxygens (including phenoxy) is 1. The predicted molar refractivity (Wildman–Crippen MR) is 168 cm³/mol. The number of benzene rings is 3. The second-order valence-electron chi connectivity index (χ2n) is 11.2. The van der Waals surface area contributed by atoms with E-state index in [2.05, 4.69) is 36.6 Å². The predicted octanol–water partition coefficient (Wildman–Crippen LogP) is 5.48. The molecule has 42 heavy (non-hydrogen) atoms. The van der Waals surface area contributed by atoms with Crippen molar-refractivity contribution in [2.45, 2.75) is 70.4 Å². The van der Waals surface area contributed by atoms with Crippen LogP contribution in [0.1, 0.15) is 73.4 Å². The highest BCUT2D eigenvalue weighted by Gasteiger charge is 2.26. The molecule has 3 atom stereocenters. The van der Waals surface area contributed by atoms with Crippen LogP contribution in [0.2, 0.25) is 0 Å². The zero-order chi connectivity index (χ0) is 29.7. The molecule has 1 aliphatic heterocycles. The molecule has 7 nitrogen and oxygen atoms in total. The number of aliphatic hydroxyl groups is 1. The highest BCUT2D eigenvalue weighted by Crippen LogP contribution is 2.28. The molecular weight excluding hydrogens is 526 g/mol. The van der Waals surface area contributed by atoms with Crippen molar-refractivity contribution >= 4 is 17.5 Å². The summed E-state index contributed by atoms with van der Waals surface area (Å²) in [5.74, 6) is 0.606. The van der Waals surface area contributed by atoms with Gasteiger partial charge in [0.2, 0.25) is 5.91 Å². The molecule has 7 heteroatoms. The summed E-state index contributed by atoms with van der Waals surface area (Å²) in [6, 6.07) is 24.9.